The third-order valence-corrected chi connectivity index (χ3v) is 7.98. The second-order valence-corrected chi connectivity index (χ2v) is 10.4. The second kappa shape index (κ2) is 9.76. The topological polar surface area (TPSA) is 70.7 Å². The molecule has 0 radical (unpaired) electrons. The number of rotatable bonds is 5. The van der Waals surface area contributed by atoms with E-state index in [0.717, 1.165) is 85.0 Å². The van der Waals surface area contributed by atoms with Gasteiger partial charge in [-0.15, -0.1) is 5.10 Å². The average molecular weight is 508 g/mol. The summed E-state index contributed by atoms with van der Waals surface area (Å²) in [6.45, 7) is 3.68. The fourth-order valence-corrected chi connectivity index (χ4v) is 6.01. The molecule has 1 aromatic carbocycles. The third kappa shape index (κ3) is 4.28. The van der Waals surface area contributed by atoms with Crippen LogP contribution in [0, 0.1) is 11.7 Å². The van der Waals surface area contributed by atoms with Crippen LogP contribution in [0.25, 0.3) is 22.6 Å². The molecular formula is C30H30FN7. The van der Waals surface area contributed by atoms with Crippen molar-refractivity contribution < 1.29 is 4.39 Å². The lowest BCUT2D eigenvalue weighted by molar-refractivity contribution is 0.458. The molecule has 38 heavy (non-hydrogen) atoms. The molecule has 7 nitrogen and oxygen atoms in total. The van der Waals surface area contributed by atoms with E-state index in [1.54, 1.807) is 12.1 Å². The van der Waals surface area contributed by atoms with E-state index in [1.807, 2.05) is 41.0 Å². The first-order chi connectivity index (χ1) is 18.7. The number of imidazole rings is 1. The third-order valence-electron chi connectivity index (χ3n) is 7.98. The van der Waals surface area contributed by atoms with Crippen LogP contribution in [-0.4, -0.2) is 51.5 Å². The molecule has 2 saturated heterocycles. The highest BCUT2D eigenvalue weighted by Gasteiger charge is 2.28. The SMILES string of the molecule is Fc1cccc(C2CCCN2c2ccc3ncc(-c4cccc(C5=CC(C6CCNCC6)=NC5)n4)n3n2)c1. The van der Waals surface area contributed by atoms with Crippen molar-refractivity contribution in [3.63, 3.8) is 0 Å². The van der Waals surface area contributed by atoms with Gasteiger partial charge in [-0.2, -0.15) is 0 Å². The first-order valence-corrected chi connectivity index (χ1v) is 13.5. The first-order valence-electron chi connectivity index (χ1n) is 13.5. The number of nitrogens with one attached hydrogen (secondary N) is 1. The Morgan fingerprint density at radius 2 is 1.82 bits per heavy atom. The number of aromatic nitrogens is 4. The Labute approximate surface area is 221 Å². The molecule has 6 heterocycles. The van der Waals surface area contributed by atoms with Crippen LogP contribution in [-0.2, 0) is 0 Å². The number of halogens is 1. The molecule has 3 aliphatic heterocycles. The zero-order valence-corrected chi connectivity index (χ0v) is 21.2. The monoisotopic (exact) mass is 507 g/mol. The zero-order chi connectivity index (χ0) is 25.5. The second-order valence-electron chi connectivity index (χ2n) is 10.4. The number of anilines is 1. The van der Waals surface area contributed by atoms with Gasteiger partial charge in [0.15, 0.2) is 5.65 Å². The van der Waals surface area contributed by atoms with Gasteiger partial charge in [-0.3, -0.25) is 4.99 Å². The number of nitrogens with zero attached hydrogens (tertiary/aromatic N) is 6. The number of fused-ring (bicyclic) bond motifs is 1. The van der Waals surface area contributed by atoms with Crippen molar-refractivity contribution in [2.45, 2.75) is 31.7 Å². The fourth-order valence-electron chi connectivity index (χ4n) is 6.01. The summed E-state index contributed by atoms with van der Waals surface area (Å²) in [7, 11) is 0. The van der Waals surface area contributed by atoms with Gasteiger partial charge in [0, 0.05) is 23.7 Å². The first kappa shape index (κ1) is 23.2. The summed E-state index contributed by atoms with van der Waals surface area (Å²) in [6, 6.07) is 17.1. The van der Waals surface area contributed by atoms with Crippen molar-refractivity contribution in [2.75, 3.05) is 31.1 Å². The molecule has 7 rings (SSSR count). The summed E-state index contributed by atoms with van der Waals surface area (Å²) >= 11 is 0. The Kier molecular flexibility index (Phi) is 5.96. The molecule has 192 valence electrons. The van der Waals surface area contributed by atoms with Gasteiger partial charge in [-0.1, -0.05) is 18.2 Å². The largest absolute Gasteiger partial charge is 0.348 e. The maximum atomic E-state index is 14.0. The number of pyridine rings is 1. The van der Waals surface area contributed by atoms with Crippen LogP contribution >= 0.6 is 0 Å². The summed E-state index contributed by atoms with van der Waals surface area (Å²) in [6.07, 6.45) is 8.38. The zero-order valence-electron chi connectivity index (χ0n) is 21.2. The standard InChI is InChI=1S/C30H30FN7/c31-23-5-1-4-21(16-23)27-8-3-15-37(27)30-10-9-29-34-19-28(38(29)36-30)25-7-2-6-24(35-25)22-17-26(33-18-22)20-11-13-32-14-12-20/h1-2,4-7,9-10,16-17,19-20,27,32H,3,8,11-15,18H2. The highest BCUT2D eigenvalue weighted by molar-refractivity contribution is 6.05. The van der Waals surface area contributed by atoms with Crippen LogP contribution < -0.4 is 10.2 Å². The predicted molar refractivity (Wildman–Crippen MR) is 148 cm³/mol. The molecule has 0 saturated carbocycles. The van der Waals surface area contributed by atoms with Crippen molar-refractivity contribution in [1.82, 2.24) is 24.9 Å². The lowest BCUT2D eigenvalue weighted by atomic mass is 9.92. The predicted octanol–water partition coefficient (Wildman–Crippen LogP) is 5.11. The van der Waals surface area contributed by atoms with E-state index in [1.165, 1.54) is 11.8 Å². The fraction of sp³-hybridized carbons (Fsp3) is 0.333. The van der Waals surface area contributed by atoms with E-state index in [-0.39, 0.29) is 11.9 Å². The van der Waals surface area contributed by atoms with E-state index >= 15 is 0 Å². The van der Waals surface area contributed by atoms with Crippen LogP contribution in [0.3, 0.4) is 0 Å². The van der Waals surface area contributed by atoms with E-state index < -0.39 is 0 Å². The van der Waals surface area contributed by atoms with Gasteiger partial charge in [0.1, 0.15) is 17.3 Å². The molecule has 0 aliphatic carbocycles. The van der Waals surface area contributed by atoms with Gasteiger partial charge >= 0.3 is 0 Å². The minimum atomic E-state index is -0.203. The molecule has 2 fully saturated rings. The summed E-state index contributed by atoms with van der Waals surface area (Å²) in [5, 5.41) is 8.43. The van der Waals surface area contributed by atoms with Crippen LogP contribution in [0.15, 0.2) is 71.9 Å². The molecule has 0 spiro atoms. The highest BCUT2D eigenvalue weighted by atomic mass is 19.1. The van der Waals surface area contributed by atoms with Crippen molar-refractivity contribution in [3.8, 4) is 11.4 Å². The molecule has 1 atom stereocenters. The van der Waals surface area contributed by atoms with Crippen LogP contribution in [0.2, 0.25) is 0 Å². The Balaban J connectivity index is 1.19. The van der Waals surface area contributed by atoms with Crippen molar-refractivity contribution in [1.29, 1.82) is 0 Å². The van der Waals surface area contributed by atoms with Crippen molar-refractivity contribution in [2.24, 2.45) is 10.9 Å². The Morgan fingerprint density at radius 3 is 2.71 bits per heavy atom. The number of piperidine rings is 1. The number of hydrogen-bond donors (Lipinski definition) is 1. The van der Waals surface area contributed by atoms with Crippen LogP contribution in [0.1, 0.15) is 43.0 Å². The Morgan fingerprint density at radius 1 is 0.947 bits per heavy atom. The van der Waals surface area contributed by atoms with E-state index in [2.05, 4.69) is 27.3 Å². The Bertz CT molecular complexity index is 1550. The quantitative estimate of drug-likeness (QED) is 0.407. The molecule has 1 N–H and O–H groups in total. The molecule has 1 unspecified atom stereocenters. The van der Waals surface area contributed by atoms with Gasteiger partial charge in [-0.25, -0.2) is 18.9 Å². The van der Waals surface area contributed by atoms with Gasteiger partial charge in [0.2, 0.25) is 0 Å². The lowest BCUT2D eigenvalue weighted by Crippen LogP contribution is -2.30. The molecule has 0 amide bonds. The number of benzene rings is 1. The van der Waals surface area contributed by atoms with Crippen molar-refractivity contribution in [3.05, 3.63) is 83.9 Å². The number of hydrogen-bond acceptors (Lipinski definition) is 6. The number of aliphatic imine (C=N–C) groups is 1. The van der Waals surface area contributed by atoms with Crippen LogP contribution in [0.4, 0.5) is 10.2 Å². The molecule has 0 bridgehead atoms. The maximum Gasteiger partial charge on any atom is 0.154 e. The highest BCUT2D eigenvalue weighted by Crippen LogP contribution is 2.36. The molecule has 8 heteroatoms. The van der Waals surface area contributed by atoms with Gasteiger partial charge in [-0.05, 0) is 86.8 Å². The average Bonchev–Trinajstić information content (AvgIpc) is 3.73. The minimum Gasteiger partial charge on any atom is -0.348 e. The van der Waals surface area contributed by atoms with Crippen LogP contribution in [0.5, 0.6) is 0 Å². The molecular weight excluding hydrogens is 477 g/mol. The van der Waals surface area contributed by atoms with E-state index in [9.17, 15) is 4.39 Å². The molecule has 3 aliphatic rings. The summed E-state index contributed by atoms with van der Waals surface area (Å²) < 4.78 is 15.8. The van der Waals surface area contributed by atoms with Gasteiger partial charge in [0.05, 0.1) is 30.2 Å². The van der Waals surface area contributed by atoms with Gasteiger partial charge < -0.3 is 10.2 Å². The summed E-state index contributed by atoms with van der Waals surface area (Å²) in [5.41, 5.74) is 6.77. The normalized spacial score (nSPS) is 20.2. The lowest BCUT2D eigenvalue weighted by Gasteiger charge is -2.26. The molecule has 3 aromatic heterocycles. The van der Waals surface area contributed by atoms with E-state index in [0.29, 0.717) is 12.5 Å². The maximum absolute atomic E-state index is 14.0. The Hall–Kier alpha value is -3.91. The van der Waals surface area contributed by atoms with E-state index in [4.69, 9.17) is 15.1 Å². The van der Waals surface area contributed by atoms with Gasteiger partial charge in [0.25, 0.3) is 0 Å². The molecule has 4 aromatic rings. The minimum absolute atomic E-state index is 0.104. The smallest absolute Gasteiger partial charge is 0.154 e. The number of allylic oxidation sites excluding steroid dienone is 1. The summed E-state index contributed by atoms with van der Waals surface area (Å²) in [5.74, 6) is 1.20. The van der Waals surface area contributed by atoms with Crippen molar-refractivity contribution >= 4 is 22.7 Å². The summed E-state index contributed by atoms with van der Waals surface area (Å²) in [4.78, 5) is 16.7.